The third kappa shape index (κ3) is 8.12. The van der Waals surface area contributed by atoms with E-state index in [0.717, 1.165) is 25.1 Å². The lowest BCUT2D eigenvalue weighted by molar-refractivity contribution is -0.137. The summed E-state index contributed by atoms with van der Waals surface area (Å²) >= 11 is 0. The third-order valence-corrected chi connectivity index (χ3v) is 2.81. The van der Waals surface area contributed by atoms with Crippen molar-refractivity contribution in [2.45, 2.75) is 38.5 Å². The van der Waals surface area contributed by atoms with Crippen molar-refractivity contribution in [3.63, 3.8) is 0 Å². The Morgan fingerprint density at radius 1 is 1.15 bits per heavy atom. The molecular formula is C13H22N4O3. The first-order valence-corrected chi connectivity index (χ1v) is 6.90. The van der Waals surface area contributed by atoms with E-state index in [1.807, 2.05) is 0 Å². The van der Waals surface area contributed by atoms with Gasteiger partial charge < -0.3 is 20.7 Å². The predicted octanol–water partition coefficient (Wildman–Crippen LogP) is 1.29. The van der Waals surface area contributed by atoms with Crippen LogP contribution in [0.3, 0.4) is 0 Å². The number of carboxylic acids is 1. The van der Waals surface area contributed by atoms with Crippen LogP contribution >= 0.6 is 0 Å². The second-order valence-corrected chi connectivity index (χ2v) is 4.53. The molecule has 0 aromatic carbocycles. The Balaban J connectivity index is 1.88. The van der Waals surface area contributed by atoms with Crippen LogP contribution < -0.4 is 10.6 Å². The topological polar surface area (TPSA) is 107 Å². The van der Waals surface area contributed by atoms with Gasteiger partial charge in [0, 0.05) is 38.3 Å². The molecule has 0 aliphatic rings. The van der Waals surface area contributed by atoms with E-state index >= 15 is 0 Å². The van der Waals surface area contributed by atoms with Crippen molar-refractivity contribution < 1.29 is 14.7 Å². The Bertz CT molecular complexity index is 392. The summed E-state index contributed by atoms with van der Waals surface area (Å²) in [6, 6.07) is -0.179. The molecule has 0 aliphatic heterocycles. The van der Waals surface area contributed by atoms with Gasteiger partial charge in [-0.1, -0.05) is 12.8 Å². The van der Waals surface area contributed by atoms with E-state index in [-0.39, 0.29) is 12.5 Å². The highest BCUT2D eigenvalue weighted by molar-refractivity contribution is 5.73. The van der Waals surface area contributed by atoms with E-state index in [1.165, 1.54) is 0 Å². The highest BCUT2D eigenvalue weighted by Gasteiger charge is 2.00. The van der Waals surface area contributed by atoms with Crippen LogP contribution in [0.25, 0.3) is 0 Å². The Labute approximate surface area is 118 Å². The molecule has 20 heavy (non-hydrogen) atoms. The minimum atomic E-state index is -0.751. The molecule has 1 aromatic heterocycles. The van der Waals surface area contributed by atoms with Gasteiger partial charge in [0.05, 0.1) is 0 Å². The molecule has 112 valence electrons. The summed E-state index contributed by atoms with van der Waals surface area (Å²) in [5.74, 6) is 0.0998. The summed E-state index contributed by atoms with van der Waals surface area (Å²) < 4.78 is 0. The maximum atomic E-state index is 11.4. The van der Waals surface area contributed by atoms with Crippen LogP contribution in [0.1, 0.15) is 37.9 Å². The average molecular weight is 282 g/mol. The SMILES string of the molecule is O=C(O)CCCCCCNC(=O)NCCc1ncc[nH]1. The molecule has 1 heterocycles. The fraction of sp³-hybridized carbons (Fsp3) is 0.615. The van der Waals surface area contributed by atoms with Gasteiger partial charge in [-0.25, -0.2) is 9.78 Å². The van der Waals surface area contributed by atoms with Gasteiger partial charge in [-0.15, -0.1) is 0 Å². The average Bonchev–Trinajstić information content (AvgIpc) is 2.90. The number of nitrogens with zero attached hydrogens (tertiary/aromatic N) is 1. The standard InChI is InChI=1S/C13H22N4O3/c18-12(19)5-3-1-2-4-7-16-13(20)17-8-6-11-14-9-10-15-11/h9-10H,1-8H2,(H,14,15)(H,18,19)(H2,16,17,20). The first-order chi connectivity index (χ1) is 9.68. The number of unbranched alkanes of at least 4 members (excludes halogenated alkanes) is 3. The summed E-state index contributed by atoms with van der Waals surface area (Å²) in [4.78, 5) is 28.7. The van der Waals surface area contributed by atoms with Gasteiger partial charge in [0.25, 0.3) is 0 Å². The molecule has 0 atom stereocenters. The number of rotatable bonds is 10. The Kier molecular flexibility index (Phi) is 7.86. The van der Waals surface area contributed by atoms with Gasteiger partial charge in [0.2, 0.25) is 0 Å². The Morgan fingerprint density at radius 3 is 2.60 bits per heavy atom. The fourth-order valence-corrected chi connectivity index (χ4v) is 1.75. The normalized spacial score (nSPS) is 10.2. The number of H-pyrrole nitrogens is 1. The number of carbonyl (C=O) groups is 2. The van der Waals surface area contributed by atoms with E-state index in [0.29, 0.717) is 25.9 Å². The molecule has 4 N–H and O–H groups in total. The zero-order chi connectivity index (χ0) is 14.6. The second-order valence-electron chi connectivity index (χ2n) is 4.53. The number of aliphatic carboxylic acids is 1. The molecule has 0 unspecified atom stereocenters. The summed E-state index contributed by atoms with van der Waals surface area (Å²) in [5.41, 5.74) is 0. The van der Waals surface area contributed by atoms with Crippen molar-refractivity contribution in [1.82, 2.24) is 20.6 Å². The van der Waals surface area contributed by atoms with Crippen LogP contribution in [0, 0.1) is 0 Å². The zero-order valence-electron chi connectivity index (χ0n) is 11.5. The monoisotopic (exact) mass is 282 g/mol. The van der Waals surface area contributed by atoms with E-state index in [4.69, 9.17) is 5.11 Å². The maximum absolute atomic E-state index is 11.4. The summed E-state index contributed by atoms with van der Waals surface area (Å²) in [6.07, 6.45) is 7.71. The summed E-state index contributed by atoms with van der Waals surface area (Å²) in [6.45, 7) is 1.15. The minimum absolute atomic E-state index is 0.179. The van der Waals surface area contributed by atoms with Gasteiger partial charge >= 0.3 is 12.0 Å². The predicted molar refractivity (Wildman–Crippen MR) is 74.4 cm³/mol. The molecule has 2 amide bonds. The number of hydrogen-bond acceptors (Lipinski definition) is 3. The van der Waals surface area contributed by atoms with Crippen molar-refractivity contribution in [1.29, 1.82) is 0 Å². The highest BCUT2D eigenvalue weighted by Crippen LogP contribution is 2.01. The van der Waals surface area contributed by atoms with Crippen LogP contribution in [0.15, 0.2) is 12.4 Å². The molecule has 0 radical (unpaired) electrons. The van der Waals surface area contributed by atoms with Gasteiger partial charge in [-0.2, -0.15) is 0 Å². The zero-order valence-corrected chi connectivity index (χ0v) is 11.5. The third-order valence-electron chi connectivity index (χ3n) is 2.81. The maximum Gasteiger partial charge on any atom is 0.314 e. The molecule has 1 aromatic rings. The first-order valence-electron chi connectivity index (χ1n) is 6.90. The van der Waals surface area contributed by atoms with Crippen molar-refractivity contribution >= 4 is 12.0 Å². The number of carboxylic acid groups (broad SMARTS) is 1. The number of carbonyl (C=O) groups excluding carboxylic acids is 1. The molecule has 0 saturated heterocycles. The molecule has 0 saturated carbocycles. The van der Waals surface area contributed by atoms with Gasteiger partial charge in [0.15, 0.2) is 0 Å². The Hall–Kier alpha value is -2.05. The Morgan fingerprint density at radius 2 is 1.90 bits per heavy atom. The van der Waals surface area contributed by atoms with Crippen LogP contribution in [-0.4, -0.2) is 40.2 Å². The van der Waals surface area contributed by atoms with Crippen LogP contribution in [-0.2, 0) is 11.2 Å². The summed E-state index contributed by atoms with van der Waals surface area (Å²) in [7, 11) is 0. The lowest BCUT2D eigenvalue weighted by Gasteiger charge is -2.06. The van der Waals surface area contributed by atoms with Crippen LogP contribution in [0.2, 0.25) is 0 Å². The van der Waals surface area contributed by atoms with E-state index in [9.17, 15) is 9.59 Å². The lowest BCUT2D eigenvalue weighted by Crippen LogP contribution is -2.37. The minimum Gasteiger partial charge on any atom is -0.481 e. The van der Waals surface area contributed by atoms with E-state index in [2.05, 4.69) is 20.6 Å². The van der Waals surface area contributed by atoms with E-state index in [1.54, 1.807) is 12.4 Å². The first kappa shape index (κ1) is 16.0. The number of hydrogen-bond donors (Lipinski definition) is 4. The van der Waals surface area contributed by atoms with Gasteiger partial charge in [0.1, 0.15) is 5.82 Å². The summed E-state index contributed by atoms with van der Waals surface area (Å²) in [5, 5.41) is 14.0. The molecule has 0 aliphatic carbocycles. The number of urea groups is 1. The molecule has 0 fully saturated rings. The quantitative estimate of drug-likeness (QED) is 0.485. The van der Waals surface area contributed by atoms with Crippen molar-refractivity contribution in [3.05, 3.63) is 18.2 Å². The molecular weight excluding hydrogens is 260 g/mol. The smallest absolute Gasteiger partial charge is 0.314 e. The number of amides is 2. The number of aromatic amines is 1. The molecule has 1 rings (SSSR count). The van der Waals surface area contributed by atoms with Crippen LogP contribution in [0.5, 0.6) is 0 Å². The molecule has 0 bridgehead atoms. The molecule has 7 nitrogen and oxygen atoms in total. The van der Waals surface area contributed by atoms with E-state index < -0.39 is 5.97 Å². The van der Waals surface area contributed by atoms with Crippen molar-refractivity contribution in [2.75, 3.05) is 13.1 Å². The number of imidazole rings is 1. The van der Waals surface area contributed by atoms with Gasteiger partial charge in [-0.3, -0.25) is 4.79 Å². The largest absolute Gasteiger partial charge is 0.481 e. The molecule has 0 spiro atoms. The number of nitrogens with one attached hydrogen (secondary N) is 3. The number of aromatic nitrogens is 2. The van der Waals surface area contributed by atoms with Crippen molar-refractivity contribution in [3.8, 4) is 0 Å². The van der Waals surface area contributed by atoms with Crippen molar-refractivity contribution in [2.24, 2.45) is 0 Å². The highest BCUT2D eigenvalue weighted by atomic mass is 16.4. The van der Waals surface area contributed by atoms with Crippen LogP contribution in [0.4, 0.5) is 4.79 Å². The van der Waals surface area contributed by atoms with Gasteiger partial charge in [-0.05, 0) is 12.8 Å². The lowest BCUT2D eigenvalue weighted by atomic mass is 10.1. The second kappa shape index (κ2) is 9.82. The molecule has 7 heteroatoms. The fourth-order valence-electron chi connectivity index (χ4n) is 1.75.